The third-order valence-corrected chi connectivity index (χ3v) is 5.89. The van der Waals surface area contributed by atoms with Crippen LogP contribution in [0.25, 0.3) is 0 Å². The van der Waals surface area contributed by atoms with Crippen molar-refractivity contribution in [2.75, 3.05) is 30.8 Å². The number of aryl methyl sites for hydroxylation is 2. The molecule has 3 amide bonds. The number of carbonyl (C=O) groups is 3. The maximum absolute atomic E-state index is 12.4. The molecule has 7 nitrogen and oxygen atoms in total. The summed E-state index contributed by atoms with van der Waals surface area (Å²) in [6.45, 7) is 2.25. The Morgan fingerprint density at radius 1 is 1.07 bits per heavy atom. The second kappa shape index (κ2) is 8.53. The monoisotopic (exact) mass is 401 g/mol. The Hall–Kier alpha value is -2.71. The number of hydrogen-bond acceptors (Lipinski definition) is 4. The van der Waals surface area contributed by atoms with Gasteiger partial charge in [0.25, 0.3) is 17.7 Å². The minimum Gasteiger partial charge on any atom is -0.365 e. The predicted octanol–water partition coefficient (Wildman–Crippen LogP) is 0.736. The average Bonchev–Trinajstić information content (AvgIpc) is 3.16. The summed E-state index contributed by atoms with van der Waals surface area (Å²) in [5.74, 6) is -0.919. The van der Waals surface area contributed by atoms with Gasteiger partial charge < -0.3 is 21.3 Å². The fourth-order valence-corrected chi connectivity index (χ4v) is 4.69. The van der Waals surface area contributed by atoms with Crippen molar-refractivity contribution >= 4 is 39.7 Å². The van der Waals surface area contributed by atoms with Gasteiger partial charge in [-0.15, -0.1) is 11.3 Å². The zero-order valence-corrected chi connectivity index (χ0v) is 16.9. The second-order valence-electron chi connectivity index (χ2n) is 7.20. The van der Waals surface area contributed by atoms with E-state index in [0.29, 0.717) is 10.6 Å². The number of fused-ring (bicyclic) bond motifs is 1. The van der Waals surface area contributed by atoms with Gasteiger partial charge in [0.1, 0.15) is 5.00 Å². The summed E-state index contributed by atoms with van der Waals surface area (Å²) in [6, 6.07) is 7.54. The van der Waals surface area contributed by atoms with Crippen LogP contribution in [-0.2, 0) is 22.4 Å². The first-order valence-electron chi connectivity index (χ1n) is 9.25. The number of thiophene rings is 1. The van der Waals surface area contributed by atoms with Crippen LogP contribution in [0.3, 0.4) is 0 Å². The molecule has 1 unspecified atom stereocenters. The van der Waals surface area contributed by atoms with Gasteiger partial charge in [-0.3, -0.25) is 14.4 Å². The van der Waals surface area contributed by atoms with Gasteiger partial charge in [-0.25, -0.2) is 0 Å². The van der Waals surface area contributed by atoms with E-state index in [-0.39, 0.29) is 24.9 Å². The van der Waals surface area contributed by atoms with E-state index in [0.717, 1.165) is 45.9 Å². The van der Waals surface area contributed by atoms with Crippen LogP contribution in [0.2, 0.25) is 0 Å². The Bertz CT molecular complexity index is 905. The molecule has 1 heterocycles. The molecule has 0 bridgehead atoms. The standard InChI is InChI=1S/C20H24N4O3S/c1-12-6-8-13(9-7-12)22-16(25)10-24(2)11-17(26)23-20-18(19(21)27)14-4-3-5-15(14)28-20/h6-9H,3-5,10-11H2,1-2H3,(H2,21,27)(H,22,25)(H,23,26)/p+1. The number of rotatable bonds is 7. The number of amides is 3. The zero-order valence-electron chi connectivity index (χ0n) is 16.1. The fraction of sp³-hybridized carbons (Fsp3) is 0.350. The Morgan fingerprint density at radius 2 is 1.71 bits per heavy atom. The van der Waals surface area contributed by atoms with Crippen LogP contribution in [-0.4, -0.2) is 37.9 Å². The van der Waals surface area contributed by atoms with Crippen molar-refractivity contribution in [3.05, 3.63) is 45.8 Å². The van der Waals surface area contributed by atoms with Gasteiger partial charge in [0.15, 0.2) is 13.1 Å². The molecule has 1 aromatic carbocycles. The van der Waals surface area contributed by atoms with Crippen molar-refractivity contribution < 1.29 is 19.3 Å². The summed E-state index contributed by atoms with van der Waals surface area (Å²) >= 11 is 1.43. The lowest BCUT2D eigenvalue weighted by molar-refractivity contribution is -0.862. The molecule has 2 aromatic rings. The summed E-state index contributed by atoms with van der Waals surface area (Å²) in [6.07, 6.45) is 2.75. The van der Waals surface area contributed by atoms with Crippen LogP contribution >= 0.6 is 11.3 Å². The summed E-state index contributed by atoms with van der Waals surface area (Å²) in [5.41, 5.74) is 8.79. The smallest absolute Gasteiger partial charge is 0.280 e. The minimum absolute atomic E-state index is 0.113. The van der Waals surface area contributed by atoms with E-state index in [9.17, 15) is 14.4 Å². The highest BCUT2D eigenvalue weighted by Gasteiger charge is 2.26. The second-order valence-corrected chi connectivity index (χ2v) is 8.30. The molecule has 0 radical (unpaired) electrons. The Kier molecular flexibility index (Phi) is 6.11. The first-order valence-corrected chi connectivity index (χ1v) is 10.1. The quantitative estimate of drug-likeness (QED) is 0.550. The number of likely N-dealkylation sites (N-methyl/N-ethyl adjacent to an activating group) is 1. The van der Waals surface area contributed by atoms with Gasteiger partial charge in [-0.2, -0.15) is 0 Å². The average molecular weight is 402 g/mol. The van der Waals surface area contributed by atoms with Gasteiger partial charge in [0.05, 0.1) is 12.6 Å². The number of quaternary nitrogens is 1. The number of hydrogen-bond donors (Lipinski definition) is 4. The summed E-state index contributed by atoms with van der Waals surface area (Å²) in [4.78, 5) is 38.2. The summed E-state index contributed by atoms with van der Waals surface area (Å²) in [7, 11) is 1.78. The Morgan fingerprint density at radius 3 is 2.36 bits per heavy atom. The van der Waals surface area contributed by atoms with Crippen molar-refractivity contribution in [2.45, 2.75) is 26.2 Å². The molecule has 3 rings (SSSR count). The van der Waals surface area contributed by atoms with E-state index in [1.165, 1.54) is 11.3 Å². The van der Waals surface area contributed by atoms with Crippen LogP contribution in [0, 0.1) is 6.92 Å². The third kappa shape index (κ3) is 4.76. The van der Waals surface area contributed by atoms with Gasteiger partial charge in [-0.1, -0.05) is 17.7 Å². The van der Waals surface area contributed by atoms with Crippen LogP contribution in [0.15, 0.2) is 24.3 Å². The van der Waals surface area contributed by atoms with E-state index in [1.54, 1.807) is 7.05 Å². The Balaban J connectivity index is 1.54. The highest BCUT2D eigenvalue weighted by atomic mass is 32.1. The lowest BCUT2D eigenvalue weighted by atomic mass is 10.1. The zero-order chi connectivity index (χ0) is 20.3. The minimum atomic E-state index is -0.507. The molecular formula is C20H25N4O3S+. The molecule has 148 valence electrons. The van der Waals surface area contributed by atoms with Crippen molar-refractivity contribution in [1.29, 1.82) is 0 Å². The molecule has 1 aliphatic carbocycles. The summed E-state index contributed by atoms with van der Waals surface area (Å²) in [5, 5.41) is 6.16. The molecule has 1 atom stereocenters. The highest BCUT2D eigenvalue weighted by molar-refractivity contribution is 7.17. The SMILES string of the molecule is Cc1ccc(NC(=O)C[NH+](C)CC(=O)Nc2sc3c(c2C(N)=O)CCC3)cc1. The lowest BCUT2D eigenvalue weighted by Crippen LogP contribution is -3.11. The number of primary amides is 1. The van der Waals surface area contributed by atoms with E-state index in [4.69, 9.17) is 5.73 Å². The lowest BCUT2D eigenvalue weighted by Gasteiger charge is -2.14. The number of anilines is 2. The topological polar surface area (TPSA) is 106 Å². The number of carbonyl (C=O) groups excluding carboxylic acids is 3. The van der Waals surface area contributed by atoms with Gasteiger partial charge >= 0.3 is 0 Å². The number of benzene rings is 1. The van der Waals surface area contributed by atoms with Gasteiger partial charge in [0.2, 0.25) is 0 Å². The molecule has 0 aliphatic heterocycles. The van der Waals surface area contributed by atoms with Gasteiger partial charge in [0, 0.05) is 10.6 Å². The van der Waals surface area contributed by atoms with Crippen LogP contribution in [0.5, 0.6) is 0 Å². The molecule has 1 aliphatic rings. The van der Waals surface area contributed by atoms with Crippen molar-refractivity contribution in [2.24, 2.45) is 5.73 Å². The molecule has 8 heteroatoms. The van der Waals surface area contributed by atoms with E-state index in [2.05, 4.69) is 10.6 Å². The number of nitrogens with two attached hydrogens (primary N) is 1. The van der Waals surface area contributed by atoms with Crippen LogP contribution in [0.1, 0.15) is 32.8 Å². The van der Waals surface area contributed by atoms with Gasteiger partial charge in [-0.05, 0) is 43.9 Å². The molecular weight excluding hydrogens is 376 g/mol. The van der Waals surface area contributed by atoms with E-state index < -0.39 is 5.91 Å². The van der Waals surface area contributed by atoms with Crippen LogP contribution < -0.4 is 21.3 Å². The molecule has 5 N–H and O–H groups in total. The predicted molar refractivity (Wildman–Crippen MR) is 110 cm³/mol. The molecule has 0 saturated carbocycles. The van der Waals surface area contributed by atoms with E-state index in [1.807, 2.05) is 31.2 Å². The maximum Gasteiger partial charge on any atom is 0.280 e. The third-order valence-electron chi connectivity index (χ3n) is 4.68. The van der Waals surface area contributed by atoms with Crippen LogP contribution in [0.4, 0.5) is 10.7 Å². The molecule has 0 spiro atoms. The first-order chi connectivity index (χ1) is 13.3. The normalized spacial score (nSPS) is 13.6. The van der Waals surface area contributed by atoms with E-state index >= 15 is 0 Å². The summed E-state index contributed by atoms with van der Waals surface area (Å²) < 4.78 is 0. The maximum atomic E-state index is 12.4. The number of nitrogens with one attached hydrogen (secondary N) is 3. The molecule has 0 fully saturated rings. The molecule has 0 saturated heterocycles. The van der Waals surface area contributed by atoms with Crippen molar-refractivity contribution in [3.63, 3.8) is 0 Å². The fourth-order valence-electron chi connectivity index (χ4n) is 3.38. The largest absolute Gasteiger partial charge is 0.365 e. The van der Waals surface area contributed by atoms with Crippen molar-refractivity contribution in [3.8, 4) is 0 Å². The highest BCUT2D eigenvalue weighted by Crippen LogP contribution is 2.38. The first kappa shape index (κ1) is 20.0. The van der Waals surface area contributed by atoms with Crippen molar-refractivity contribution in [1.82, 2.24) is 0 Å². The molecule has 28 heavy (non-hydrogen) atoms. The molecule has 1 aromatic heterocycles. The Labute approximate surface area is 167 Å².